The second kappa shape index (κ2) is 5.69. The lowest BCUT2D eigenvalue weighted by molar-refractivity contribution is 0.192. The van der Waals surface area contributed by atoms with Gasteiger partial charge in [0.05, 0.1) is 6.61 Å². The molecule has 0 aromatic carbocycles. The Morgan fingerprint density at radius 1 is 1.26 bits per heavy atom. The summed E-state index contributed by atoms with van der Waals surface area (Å²) in [5.74, 6) is 2.31. The minimum atomic E-state index is 0.268. The highest BCUT2D eigenvalue weighted by Gasteiger charge is 2.23. The second-order valence-corrected chi connectivity index (χ2v) is 5.84. The molecule has 4 heterocycles. The molecule has 1 atom stereocenters. The third-order valence-electron chi connectivity index (χ3n) is 4.36. The van der Waals surface area contributed by atoms with Crippen LogP contribution in [0.1, 0.15) is 41.0 Å². The van der Waals surface area contributed by atoms with Crippen molar-refractivity contribution in [1.82, 2.24) is 29.7 Å². The van der Waals surface area contributed by atoms with Crippen LogP contribution in [0, 0.1) is 13.8 Å². The molecular formula is C15H18N6O2. The van der Waals surface area contributed by atoms with Gasteiger partial charge in [-0.3, -0.25) is 0 Å². The van der Waals surface area contributed by atoms with E-state index in [9.17, 15) is 0 Å². The number of nitrogens with zero attached hydrogens (tertiary/aromatic N) is 6. The summed E-state index contributed by atoms with van der Waals surface area (Å²) in [7, 11) is 0. The zero-order valence-electron chi connectivity index (χ0n) is 13.2. The molecule has 0 radical (unpaired) electrons. The zero-order chi connectivity index (χ0) is 15.8. The average molecular weight is 314 g/mol. The smallest absolute Gasteiger partial charge is 0.252 e. The Hall–Kier alpha value is -2.35. The maximum absolute atomic E-state index is 5.38. The Bertz CT molecular complexity index is 834. The summed E-state index contributed by atoms with van der Waals surface area (Å²) in [6.45, 7) is 5.48. The molecule has 0 saturated carbocycles. The van der Waals surface area contributed by atoms with Crippen molar-refractivity contribution < 1.29 is 9.26 Å². The van der Waals surface area contributed by atoms with Crippen LogP contribution in [0.25, 0.3) is 5.78 Å². The Balaban J connectivity index is 1.52. The van der Waals surface area contributed by atoms with Crippen molar-refractivity contribution in [2.24, 2.45) is 0 Å². The first kappa shape index (κ1) is 14.3. The molecule has 0 bridgehead atoms. The van der Waals surface area contributed by atoms with Gasteiger partial charge >= 0.3 is 0 Å². The maximum atomic E-state index is 5.38. The quantitative estimate of drug-likeness (QED) is 0.719. The summed E-state index contributed by atoms with van der Waals surface area (Å²) in [6.07, 6.45) is 3.95. The summed E-state index contributed by atoms with van der Waals surface area (Å²) in [5.41, 5.74) is 3.16. The van der Waals surface area contributed by atoms with Gasteiger partial charge in [0.2, 0.25) is 5.89 Å². The Kier molecular flexibility index (Phi) is 3.53. The van der Waals surface area contributed by atoms with E-state index in [0.717, 1.165) is 42.2 Å². The van der Waals surface area contributed by atoms with E-state index in [1.807, 2.05) is 13.8 Å². The molecule has 0 aliphatic carbocycles. The second-order valence-electron chi connectivity index (χ2n) is 5.84. The third-order valence-corrected chi connectivity index (χ3v) is 4.36. The standard InChI is InChI=1S/C15H18N6O2/c1-9-12(10(2)21-15(18-9)16-8-17-21)3-4-13-19-14(20-23-13)11-5-6-22-7-11/h8,11H,3-7H2,1-2H3. The lowest BCUT2D eigenvalue weighted by atomic mass is 10.1. The highest BCUT2D eigenvalue weighted by atomic mass is 16.5. The van der Waals surface area contributed by atoms with Gasteiger partial charge in [-0.1, -0.05) is 5.16 Å². The van der Waals surface area contributed by atoms with Crippen molar-refractivity contribution in [2.45, 2.75) is 39.0 Å². The molecule has 3 aromatic rings. The average Bonchev–Trinajstić information content (AvgIpc) is 3.27. The predicted molar refractivity (Wildman–Crippen MR) is 80.1 cm³/mol. The molecule has 0 amide bonds. The van der Waals surface area contributed by atoms with E-state index in [4.69, 9.17) is 9.26 Å². The molecule has 1 fully saturated rings. The van der Waals surface area contributed by atoms with E-state index in [1.165, 1.54) is 6.33 Å². The van der Waals surface area contributed by atoms with Crippen molar-refractivity contribution >= 4 is 5.78 Å². The molecule has 3 aromatic heterocycles. The minimum Gasteiger partial charge on any atom is -0.381 e. The summed E-state index contributed by atoms with van der Waals surface area (Å²) >= 11 is 0. The van der Waals surface area contributed by atoms with E-state index >= 15 is 0 Å². The van der Waals surface area contributed by atoms with Crippen LogP contribution in [0.2, 0.25) is 0 Å². The fourth-order valence-electron chi connectivity index (χ4n) is 3.02. The topological polar surface area (TPSA) is 91.2 Å². The zero-order valence-corrected chi connectivity index (χ0v) is 13.2. The molecule has 1 unspecified atom stereocenters. The summed E-state index contributed by atoms with van der Waals surface area (Å²) < 4.78 is 12.5. The van der Waals surface area contributed by atoms with E-state index < -0.39 is 0 Å². The number of fused-ring (bicyclic) bond motifs is 1. The van der Waals surface area contributed by atoms with Gasteiger partial charge in [0, 0.05) is 30.3 Å². The first-order valence-corrected chi connectivity index (χ1v) is 7.78. The highest BCUT2D eigenvalue weighted by Crippen LogP contribution is 2.23. The molecule has 0 spiro atoms. The molecule has 120 valence electrons. The van der Waals surface area contributed by atoms with Gasteiger partial charge in [0.25, 0.3) is 5.78 Å². The van der Waals surface area contributed by atoms with Crippen LogP contribution in [0.3, 0.4) is 0 Å². The van der Waals surface area contributed by atoms with Gasteiger partial charge in [-0.2, -0.15) is 15.1 Å². The van der Waals surface area contributed by atoms with E-state index in [2.05, 4.69) is 25.2 Å². The van der Waals surface area contributed by atoms with Gasteiger partial charge < -0.3 is 9.26 Å². The summed E-state index contributed by atoms with van der Waals surface area (Å²) in [6, 6.07) is 0. The predicted octanol–water partition coefficient (Wildman–Crippen LogP) is 1.41. The SMILES string of the molecule is Cc1nc2ncnn2c(C)c1CCc1nc(C2CCOC2)no1. The Labute approximate surface area is 132 Å². The van der Waals surface area contributed by atoms with E-state index in [1.54, 1.807) is 4.52 Å². The van der Waals surface area contributed by atoms with Gasteiger partial charge in [-0.05, 0) is 32.3 Å². The van der Waals surface area contributed by atoms with Gasteiger partial charge in [-0.25, -0.2) is 9.50 Å². The van der Waals surface area contributed by atoms with E-state index in [-0.39, 0.29) is 5.92 Å². The maximum Gasteiger partial charge on any atom is 0.252 e. The molecule has 1 aliphatic rings. The number of hydrogen-bond acceptors (Lipinski definition) is 7. The molecule has 8 heteroatoms. The normalized spacial score (nSPS) is 18.1. The van der Waals surface area contributed by atoms with Crippen molar-refractivity contribution in [2.75, 3.05) is 13.2 Å². The third kappa shape index (κ3) is 2.59. The van der Waals surface area contributed by atoms with Crippen LogP contribution >= 0.6 is 0 Å². The number of rotatable bonds is 4. The van der Waals surface area contributed by atoms with Crippen LogP contribution < -0.4 is 0 Å². The first-order valence-electron chi connectivity index (χ1n) is 7.78. The molecule has 1 aliphatic heterocycles. The Morgan fingerprint density at radius 2 is 2.17 bits per heavy atom. The molecule has 8 nitrogen and oxygen atoms in total. The minimum absolute atomic E-state index is 0.268. The van der Waals surface area contributed by atoms with Crippen molar-refractivity contribution in [3.63, 3.8) is 0 Å². The van der Waals surface area contributed by atoms with Crippen LogP contribution in [0.5, 0.6) is 0 Å². The Morgan fingerprint density at radius 3 is 3.00 bits per heavy atom. The van der Waals surface area contributed by atoms with Crippen molar-refractivity contribution in [3.05, 3.63) is 35.0 Å². The van der Waals surface area contributed by atoms with Gasteiger partial charge in [0.1, 0.15) is 6.33 Å². The van der Waals surface area contributed by atoms with Gasteiger partial charge in [0.15, 0.2) is 5.82 Å². The summed E-state index contributed by atoms with van der Waals surface area (Å²) in [4.78, 5) is 13.1. The lowest BCUT2D eigenvalue weighted by Gasteiger charge is -2.08. The molecule has 1 saturated heterocycles. The number of aromatic nitrogens is 6. The van der Waals surface area contributed by atoms with Crippen molar-refractivity contribution in [1.29, 1.82) is 0 Å². The van der Waals surface area contributed by atoms with Gasteiger partial charge in [-0.15, -0.1) is 0 Å². The van der Waals surface area contributed by atoms with Crippen LogP contribution in [-0.2, 0) is 17.6 Å². The number of hydrogen-bond donors (Lipinski definition) is 0. The largest absolute Gasteiger partial charge is 0.381 e. The summed E-state index contributed by atoms with van der Waals surface area (Å²) in [5, 5.41) is 8.30. The van der Waals surface area contributed by atoms with Crippen LogP contribution in [-0.4, -0.2) is 42.9 Å². The number of aryl methyl sites for hydroxylation is 3. The fraction of sp³-hybridized carbons (Fsp3) is 0.533. The molecule has 4 rings (SSSR count). The lowest BCUT2D eigenvalue weighted by Crippen LogP contribution is -2.07. The number of ether oxygens (including phenoxy) is 1. The fourth-order valence-corrected chi connectivity index (χ4v) is 3.02. The molecule has 23 heavy (non-hydrogen) atoms. The highest BCUT2D eigenvalue weighted by molar-refractivity contribution is 5.36. The van der Waals surface area contributed by atoms with Crippen molar-refractivity contribution in [3.8, 4) is 0 Å². The monoisotopic (exact) mass is 314 g/mol. The molecule has 0 N–H and O–H groups in total. The van der Waals surface area contributed by atoms with Crippen LogP contribution in [0.15, 0.2) is 10.9 Å². The molecular weight excluding hydrogens is 296 g/mol. The van der Waals surface area contributed by atoms with Crippen LogP contribution in [0.4, 0.5) is 0 Å². The van der Waals surface area contributed by atoms with E-state index in [0.29, 0.717) is 24.7 Å². The first-order chi connectivity index (χ1) is 11.2.